The van der Waals surface area contributed by atoms with Crippen molar-refractivity contribution < 1.29 is 44.6 Å². The van der Waals surface area contributed by atoms with Gasteiger partial charge < -0.3 is 15.3 Å². The molecule has 0 aliphatic heterocycles. The topological polar surface area (TPSA) is 159 Å². The maximum Gasteiger partial charge on any atom is 0.449 e. The summed E-state index contributed by atoms with van der Waals surface area (Å²) in [5, 5.41) is 14.9. The Labute approximate surface area is 83.4 Å². The number of aldehydes is 1. The lowest BCUT2D eigenvalue weighted by atomic mass is 10.7. The summed E-state index contributed by atoms with van der Waals surface area (Å²) >= 11 is 0. The highest BCUT2D eigenvalue weighted by atomic mass is 17.1. The highest BCUT2D eigenvalue weighted by molar-refractivity contribution is 6.29. The van der Waals surface area contributed by atoms with Gasteiger partial charge in [0.05, 0.1) is 6.61 Å². The van der Waals surface area contributed by atoms with E-state index in [-0.39, 0.29) is 18.4 Å². The standard InChI is InChI=1S/C4H6O5.C2H2O3.H2O/c1-2-8-3(5)4(6)9-7;3-1-2(4)5;/h7H,2H2,1H3;1H,(H,4,5);1H2. The van der Waals surface area contributed by atoms with Crippen LogP contribution in [-0.4, -0.2) is 46.6 Å². The molecule has 0 aliphatic carbocycles. The molecule has 0 bridgehead atoms. The van der Waals surface area contributed by atoms with Crippen molar-refractivity contribution in [2.24, 2.45) is 0 Å². The van der Waals surface area contributed by atoms with Crippen molar-refractivity contribution in [1.29, 1.82) is 0 Å². The molecule has 0 heterocycles. The van der Waals surface area contributed by atoms with Crippen molar-refractivity contribution in [2.75, 3.05) is 6.61 Å². The Hall–Kier alpha value is -2.00. The minimum Gasteiger partial charge on any atom is -0.476 e. The maximum absolute atomic E-state index is 10.1. The van der Waals surface area contributed by atoms with Crippen LogP contribution in [0.4, 0.5) is 0 Å². The van der Waals surface area contributed by atoms with Crippen LogP contribution in [0.2, 0.25) is 0 Å². The molecule has 0 amide bonds. The van der Waals surface area contributed by atoms with E-state index in [0.29, 0.717) is 0 Å². The van der Waals surface area contributed by atoms with Crippen LogP contribution in [0.3, 0.4) is 0 Å². The minimum atomic E-state index is -1.43. The average molecular weight is 226 g/mol. The van der Waals surface area contributed by atoms with Gasteiger partial charge in [0, 0.05) is 0 Å². The molecule has 0 saturated carbocycles. The third-order valence-corrected chi connectivity index (χ3v) is 0.626. The lowest BCUT2D eigenvalue weighted by molar-refractivity contribution is -0.236. The molecule has 0 saturated heterocycles. The first kappa shape index (κ1) is 18.7. The zero-order chi connectivity index (χ0) is 11.6. The zero-order valence-corrected chi connectivity index (χ0v) is 7.63. The van der Waals surface area contributed by atoms with E-state index in [1.165, 1.54) is 6.92 Å². The molecule has 0 atom stereocenters. The van der Waals surface area contributed by atoms with Crippen molar-refractivity contribution in [2.45, 2.75) is 6.92 Å². The van der Waals surface area contributed by atoms with Crippen LogP contribution < -0.4 is 0 Å². The maximum atomic E-state index is 10.1. The lowest BCUT2D eigenvalue weighted by Crippen LogP contribution is -2.18. The first-order valence-electron chi connectivity index (χ1n) is 3.20. The second kappa shape index (κ2) is 12.0. The van der Waals surface area contributed by atoms with Gasteiger partial charge in [-0.2, -0.15) is 5.26 Å². The van der Waals surface area contributed by atoms with Crippen LogP contribution in [0.15, 0.2) is 0 Å². The number of carbonyl (C=O) groups excluding carboxylic acids is 3. The molecule has 0 aromatic carbocycles. The number of hydrogen-bond acceptors (Lipinski definition) is 7. The Morgan fingerprint density at radius 2 is 1.67 bits per heavy atom. The molecule has 0 fully saturated rings. The van der Waals surface area contributed by atoms with E-state index in [1.807, 2.05) is 0 Å². The van der Waals surface area contributed by atoms with Crippen LogP contribution in [0, 0.1) is 0 Å². The number of aliphatic carboxylic acids is 1. The number of hydrogen-bond donors (Lipinski definition) is 2. The molecular formula is C6H10O9. The summed E-state index contributed by atoms with van der Waals surface area (Å²) in [6.07, 6.45) is -0.167. The number of esters is 1. The van der Waals surface area contributed by atoms with Crippen LogP contribution >= 0.6 is 0 Å². The molecule has 0 aromatic heterocycles. The van der Waals surface area contributed by atoms with Gasteiger partial charge in [-0.3, -0.25) is 9.68 Å². The van der Waals surface area contributed by atoms with Gasteiger partial charge in [0.25, 0.3) is 0 Å². The van der Waals surface area contributed by atoms with Gasteiger partial charge in [0.15, 0.2) is 0 Å². The summed E-state index contributed by atoms with van der Waals surface area (Å²) in [5.74, 6) is -4.03. The lowest BCUT2D eigenvalue weighted by Gasteiger charge is -1.94. The molecule has 9 heteroatoms. The third-order valence-electron chi connectivity index (χ3n) is 0.626. The molecule has 4 N–H and O–H groups in total. The first-order chi connectivity index (χ1) is 6.49. The van der Waals surface area contributed by atoms with Crippen LogP contribution in [0.5, 0.6) is 0 Å². The van der Waals surface area contributed by atoms with E-state index in [4.69, 9.17) is 20.0 Å². The van der Waals surface area contributed by atoms with Crippen molar-refractivity contribution in [1.82, 2.24) is 0 Å². The zero-order valence-electron chi connectivity index (χ0n) is 7.63. The Morgan fingerprint density at radius 3 is 1.87 bits per heavy atom. The van der Waals surface area contributed by atoms with Crippen LogP contribution in [0.25, 0.3) is 0 Å². The van der Waals surface area contributed by atoms with Crippen molar-refractivity contribution in [3.05, 3.63) is 0 Å². The molecule has 0 rings (SSSR count). The summed E-state index contributed by atoms with van der Waals surface area (Å²) in [5.41, 5.74) is 0. The summed E-state index contributed by atoms with van der Waals surface area (Å²) in [6.45, 7) is 1.61. The number of rotatable bonds is 2. The molecule has 0 radical (unpaired) electrons. The van der Waals surface area contributed by atoms with Gasteiger partial charge in [-0.15, -0.1) is 0 Å². The quantitative estimate of drug-likeness (QED) is 0.180. The van der Waals surface area contributed by atoms with Gasteiger partial charge in [-0.1, -0.05) is 0 Å². The van der Waals surface area contributed by atoms with E-state index in [0.717, 1.165) is 0 Å². The van der Waals surface area contributed by atoms with Crippen molar-refractivity contribution in [3.8, 4) is 0 Å². The predicted octanol–water partition coefficient (Wildman–Crippen LogP) is -1.99. The van der Waals surface area contributed by atoms with Crippen molar-refractivity contribution >= 4 is 24.2 Å². The number of carboxylic acid groups (broad SMARTS) is 1. The second-order valence-electron chi connectivity index (χ2n) is 1.56. The Balaban J connectivity index is -0.000000208. The fraction of sp³-hybridized carbons (Fsp3) is 0.333. The van der Waals surface area contributed by atoms with Gasteiger partial charge in [0.1, 0.15) is 0 Å². The molecule has 0 aliphatic rings. The van der Waals surface area contributed by atoms with Crippen LogP contribution in [0.1, 0.15) is 6.92 Å². The van der Waals surface area contributed by atoms with Crippen molar-refractivity contribution in [3.63, 3.8) is 0 Å². The summed E-state index contributed by atoms with van der Waals surface area (Å²) < 4.78 is 4.12. The van der Waals surface area contributed by atoms with Gasteiger partial charge >= 0.3 is 17.9 Å². The van der Waals surface area contributed by atoms with E-state index in [9.17, 15) is 9.59 Å². The molecule has 0 spiro atoms. The van der Waals surface area contributed by atoms with E-state index >= 15 is 0 Å². The SMILES string of the molecule is CCOC(=O)C(=O)OO.O.O=CC(=O)O. The van der Waals surface area contributed by atoms with Gasteiger partial charge in [-0.25, -0.2) is 14.4 Å². The smallest absolute Gasteiger partial charge is 0.449 e. The fourth-order valence-corrected chi connectivity index (χ4v) is 0.227. The largest absolute Gasteiger partial charge is 0.476 e. The van der Waals surface area contributed by atoms with E-state index < -0.39 is 17.9 Å². The fourth-order valence-electron chi connectivity index (χ4n) is 0.227. The number of ether oxygens (including phenoxy) is 1. The summed E-state index contributed by atoms with van der Waals surface area (Å²) in [7, 11) is 0. The average Bonchev–Trinajstić information content (AvgIpc) is 2.17. The van der Waals surface area contributed by atoms with E-state index in [2.05, 4.69) is 9.62 Å². The monoisotopic (exact) mass is 226 g/mol. The van der Waals surface area contributed by atoms with Gasteiger partial charge in [-0.05, 0) is 6.92 Å². The molecule has 0 unspecified atom stereocenters. The summed E-state index contributed by atoms with van der Waals surface area (Å²) in [6, 6.07) is 0. The van der Waals surface area contributed by atoms with Crippen LogP contribution in [-0.2, 0) is 28.8 Å². The molecule has 88 valence electrons. The molecule has 9 nitrogen and oxygen atoms in total. The minimum absolute atomic E-state index is 0. The molecule has 15 heavy (non-hydrogen) atoms. The summed E-state index contributed by atoms with van der Waals surface area (Å²) in [4.78, 5) is 41.0. The number of carbonyl (C=O) groups is 4. The Bertz CT molecular complexity index is 221. The predicted molar refractivity (Wildman–Crippen MR) is 42.7 cm³/mol. The second-order valence-corrected chi connectivity index (χ2v) is 1.56. The highest BCUT2D eigenvalue weighted by Crippen LogP contribution is 1.79. The van der Waals surface area contributed by atoms with Gasteiger partial charge in [0.2, 0.25) is 6.29 Å². The Kier molecular flexibility index (Phi) is 15.0. The first-order valence-corrected chi connectivity index (χ1v) is 3.20. The molecule has 0 aromatic rings. The van der Waals surface area contributed by atoms with E-state index in [1.54, 1.807) is 0 Å². The third kappa shape index (κ3) is 14.8. The normalized spacial score (nSPS) is 7.07. The molecular weight excluding hydrogens is 216 g/mol. The number of carboxylic acids is 1. The Morgan fingerprint density at radius 1 is 1.27 bits per heavy atom. The highest BCUT2D eigenvalue weighted by Gasteiger charge is 2.15.